The van der Waals surface area contributed by atoms with Gasteiger partial charge < -0.3 is 14.3 Å². The summed E-state index contributed by atoms with van der Waals surface area (Å²) in [6, 6.07) is 26.7. The van der Waals surface area contributed by atoms with Gasteiger partial charge in [0.15, 0.2) is 0 Å². The highest BCUT2D eigenvalue weighted by Crippen LogP contribution is 2.30. The van der Waals surface area contributed by atoms with Gasteiger partial charge in [-0.05, 0) is 36.2 Å². The largest absolute Gasteiger partial charge is 0.462 e. The molecular formula is C28H29NO4. The van der Waals surface area contributed by atoms with Gasteiger partial charge in [-0.25, -0.2) is 0 Å². The molecule has 0 spiro atoms. The molecular weight excluding hydrogens is 414 g/mol. The third-order valence-corrected chi connectivity index (χ3v) is 5.49. The second-order valence-electron chi connectivity index (χ2n) is 8.14. The molecule has 170 valence electrons. The first-order valence-corrected chi connectivity index (χ1v) is 11.3. The van der Waals surface area contributed by atoms with Crippen LogP contribution in [0.2, 0.25) is 0 Å². The lowest BCUT2D eigenvalue weighted by molar-refractivity contribution is 0.0572. The summed E-state index contributed by atoms with van der Waals surface area (Å²) in [5.74, 6) is 0.133. The normalized spacial score (nSPS) is 12.2. The van der Waals surface area contributed by atoms with Crippen LogP contribution in [0.4, 0.5) is 0 Å². The standard InChI is InChI=1S/C28H29NO4/c1-2-17-29(18-21-11-5-3-6-12-21)19-23(30)20-32-28-26(22-13-7-4-8-14-22)27(31)24-15-9-10-16-25(24)33-28/h3-16,23,30H,2,17-20H2,1H3. The molecule has 0 amide bonds. The number of aliphatic hydroxyl groups excluding tert-OH is 1. The molecule has 3 aromatic carbocycles. The summed E-state index contributed by atoms with van der Waals surface area (Å²) < 4.78 is 11.9. The summed E-state index contributed by atoms with van der Waals surface area (Å²) in [7, 11) is 0. The lowest BCUT2D eigenvalue weighted by Crippen LogP contribution is -2.36. The number of ether oxygens (including phenoxy) is 1. The first-order valence-electron chi connectivity index (χ1n) is 11.3. The maximum atomic E-state index is 13.2. The van der Waals surface area contributed by atoms with E-state index >= 15 is 0 Å². The number of aliphatic hydroxyl groups is 1. The highest BCUT2D eigenvalue weighted by atomic mass is 16.6. The fourth-order valence-electron chi connectivity index (χ4n) is 3.99. The molecule has 0 radical (unpaired) electrons. The molecule has 0 aliphatic heterocycles. The zero-order chi connectivity index (χ0) is 23.0. The average molecular weight is 444 g/mol. The van der Waals surface area contributed by atoms with Crippen LogP contribution in [-0.2, 0) is 6.54 Å². The maximum absolute atomic E-state index is 13.2. The van der Waals surface area contributed by atoms with Crippen molar-refractivity contribution < 1.29 is 14.3 Å². The van der Waals surface area contributed by atoms with Crippen LogP contribution in [0.25, 0.3) is 22.1 Å². The van der Waals surface area contributed by atoms with Crippen molar-refractivity contribution in [2.45, 2.75) is 26.0 Å². The van der Waals surface area contributed by atoms with Gasteiger partial charge in [0.1, 0.15) is 23.9 Å². The number of para-hydroxylation sites is 1. The second kappa shape index (κ2) is 10.9. The van der Waals surface area contributed by atoms with Crippen molar-refractivity contribution >= 4 is 11.0 Å². The molecule has 1 atom stereocenters. The van der Waals surface area contributed by atoms with E-state index in [0.717, 1.165) is 25.1 Å². The Bertz CT molecular complexity index is 1220. The van der Waals surface area contributed by atoms with Crippen molar-refractivity contribution in [1.82, 2.24) is 4.90 Å². The van der Waals surface area contributed by atoms with Crippen LogP contribution in [0.5, 0.6) is 5.95 Å². The van der Waals surface area contributed by atoms with Gasteiger partial charge in [0, 0.05) is 13.1 Å². The van der Waals surface area contributed by atoms with Crippen LogP contribution in [0, 0.1) is 0 Å². The van der Waals surface area contributed by atoms with Crippen LogP contribution in [-0.4, -0.2) is 35.8 Å². The Labute approximate surface area is 193 Å². The summed E-state index contributed by atoms with van der Waals surface area (Å²) in [5.41, 5.74) is 2.60. The Balaban J connectivity index is 1.54. The number of rotatable bonds is 10. The van der Waals surface area contributed by atoms with Crippen LogP contribution in [0.15, 0.2) is 94.1 Å². The van der Waals surface area contributed by atoms with E-state index in [1.165, 1.54) is 5.56 Å². The lowest BCUT2D eigenvalue weighted by atomic mass is 10.1. The number of fused-ring (bicyclic) bond motifs is 1. The van der Waals surface area contributed by atoms with Crippen LogP contribution in [0.1, 0.15) is 18.9 Å². The number of benzene rings is 3. The van der Waals surface area contributed by atoms with Crippen LogP contribution >= 0.6 is 0 Å². The average Bonchev–Trinajstić information content (AvgIpc) is 2.84. The smallest absolute Gasteiger partial charge is 0.297 e. The van der Waals surface area contributed by atoms with Crippen LogP contribution in [0.3, 0.4) is 0 Å². The van der Waals surface area contributed by atoms with Gasteiger partial charge in [-0.15, -0.1) is 0 Å². The molecule has 1 unspecified atom stereocenters. The number of hydrogen-bond donors (Lipinski definition) is 1. The molecule has 5 heteroatoms. The Kier molecular flexibility index (Phi) is 7.55. The van der Waals surface area contributed by atoms with Crippen molar-refractivity contribution in [2.75, 3.05) is 19.7 Å². The van der Waals surface area contributed by atoms with Crippen LogP contribution < -0.4 is 10.2 Å². The molecule has 4 aromatic rings. The maximum Gasteiger partial charge on any atom is 0.297 e. The Morgan fingerprint density at radius 3 is 2.33 bits per heavy atom. The predicted molar refractivity (Wildman–Crippen MR) is 131 cm³/mol. The quantitative estimate of drug-likeness (QED) is 0.369. The molecule has 0 saturated carbocycles. The minimum absolute atomic E-state index is 0.0239. The van der Waals surface area contributed by atoms with Crippen molar-refractivity contribution in [1.29, 1.82) is 0 Å². The molecule has 1 N–H and O–H groups in total. The number of hydrogen-bond acceptors (Lipinski definition) is 5. The van der Waals surface area contributed by atoms with E-state index in [1.807, 2.05) is 60.7 Å². The van der Waals surface area contributed by atoms with E-state index in [4.69, 9.17) is 9.15 Å². The first-order chi connectivity index (χ1) is 16.2. The van der Waals surface area contributed by atoms with E-state index in [-0.39, 0.29) is 18.0 Å². The molecule has 4 rings (SSSR count). The van der Waals surface area contributed by atoms with Gasteiger partial charge in [-0.2, -0.15) is 0 Å². The molecule has 1 aromatic heterocycles. The van der Waals surface area contributed by atoms with E-state index in [0.29, 0.717) is 23.1 Å². The fourth-order valence-corrected chi connectivity index (χ4v) is 3.99. The fraction of sp³-hybridized carbons (Fsp3) is 0.250. The summed E-state index contributed by atoms with van der Waals surface area (Å²) in [6.07, 6.45) is 0.249. The highest BCUT2D eigenvalue weighted by Gasteiger charge is 2.19. The summed E-state index contributed by atoms with van der Waals surface area (Å²) in [6.45, 7) is 4.23. The Morgan fingerprint density at radius 1 is 0.939 bits per heavy atom. The zero-order valence-electron chi connectivity index (χ0n) is 18.8. The van der Waals surface area contributed by atoms with Gasteiger partial charge in [-0.1, -0.05) is 79.7 Å². The molecule has 0 aliphatic rings. The molecule has 5 nitrogen and oxygen atoms in total. The Morgan fingerprint density at radius 2 is 1.61 bits per heavy atom. The summed E-state index contributed by atoms with van der Waals surface area (Å²) >= 11 is 0. The third kappa shape index (κ3) is 5.69. The molecule has 0 saturated heterocycles. The first kappa shape index (κ1) is 22.8. The molecule has 0 fully saturated rings. The second-order valence-corrected chi connectivity index (χ2v) is 8.14. The third-order valence-electron chi connectivity index (χ3n) is 5.49. The summed E-state index contributed by atoms with van der Waals surface area (Å²) in [4.78, 5) is 15.5. The van der Waals surface area contributed by atoms with E-state index in [9.17, 15) is 9.90 Å². The minimum atomic E-state index is -0.736. The van der Waals surface area contributed by atoms with Crippen molar-refractivity contribution in [2.24, 2.45) is 0 Å². The summed E-state index contributed by atoms with van der Waals surface area (Å²) in [5, 5.41) is 11.2. The van der Waals surface area contributed by atoms with Crippen molar-refractivity contribution in [3.8, 4) is 17.1 Å². The zero-order valence-corrected chi connectivity index (χ0v) is 18.8. The van der Waals surface area contributed by atoms with Gasteiger partial charge in [0.25, 0.3) is 5.95 Å². The SMILES string of the molecule is CCCN(Cc1ccccc1)CC(O)COc1oc2ccccc2c(=O)c1-c1ccccc1. The van der Waals surface area contributed by atoms with E-state index < -0.39 is 6.10 Å². The number of nitrogens with zero attached hydrogens (tertiary/aromatic N) is 1. The Hall–Kier alpha value is -3.41. The van der Waals surface area contributed by atoms with Crippen molar-refractivity contribution in [3.63, 3.8) is 0 Å². The van der Waals surface area contributed by atoms with Crippen molar-refractivity contribution in [3.05, 3.63) is 101 Å². The monoisotopic (exact) mass is 443 g/mol. The topological polar surface area (TPSA) is 62.9 Å². The van der Waals surface area contributed by atoms with E-state index in [2.05, 4.69) is 24.0 Å². The lowest BCUT2D eigenvalue weighted by Gasteiger charge is -2.25. The van der Waals surface area contributed by atoms with Gasteiger partial charge >= 0.3 is 0 Å². The molecule has 0 aliphatic carbocycles. The predicted octanol–water partition coefficient (Wildman–Crippen LogP) is 5.11. The minimum Gasteiger partial charge on any atom is -0.462 e. The molecule has 0 bridgehead atoms. The van der Waals surface area contributed by atoms with E-state index in [1.54, 1.807) is 12.1 Å². The van der Waals surface area contributed by atoms with Gasteiger partial charge in [0.2, 0.25) is 5.43 Å². The van der Waals surface area contributed by atoms with Gasteiger partial charge in [0.05, 0.1) is 5.39 Å². The molecule has 1 heterocycles. The highest BCUT2D eigenvalue weighted by molar-refractivity contribution is 5.83. The molecule has 33 heavy (non-hydrogen) atoms. The van der Waals surface area contributed by atoms with Gasteiger partial charge in [-0.3, -0.25) is 9.69 Å².